The average Bonchev–Trinajstić information content (AvgIpc) is 2.03. The van der Waals surface area contributed by atoms with E-state index in [1.54, 1.807) is 0 Å². The molecule has 0 saturated heterocycles. The Morgan fingerprint density at radius 2 is 1.58 bits per heavy atom. The first-order valence-corrected chi connectivity index (χ1v) is 5.20. The summed E-state index contributed by atoms with van der Waals surface area (Å²) >= 11 is 0. The van der Waals surface area contributed by atoms with E-state index < -0.39 is 0 Å². The van der Waals surface area contributed by atoms with Gasteiger partial charge in [-0.05, 0) is 24.2 Å². The van der Waals surface area contributed by atoms with Gasteiger partial charge in [-0.1, -0.05) is 40.0 Å². The highest BCUT2D eigenvalue weighted by Gasteiger charge is 2.31. The van der Waals surface area contributed by atoms with Crippen LogP contribution in [0.5, 0.6) is 0 Å². The SMILES string of the molecule is CC(C)(C)C([N])C1CCCCC1. The summed E-state index contributed by atoms with van der Waals surface area (Å²) in [5.41, 5.74) is 10.1. The van der Waals surface area contributed by atoms with E-state index in [0.717, 1.165) is 0 Å². The monoisotopic (exact) mass is 167 g/mol. The Labute approximate surface area is 76.7 Å². The van der Waals surface area contributed by atoms with Crippen LogP contribution in [0.2, 0.25) is 0 Å². The van der Waals surface area contributed by atoms with Gasteiger partial charge < -0.3 is 0 Å². The van der Waals surface area contributed by atoms with Crippen molar-refractivity contribution in [3.05, 3.63) is 0 Å². The molecule has 1 fully saturated rings. The summed E-state index contributed by atoms with van der Waals surface area (Å²) in [6, 6.07) is -0.0993. The van der Waals surface area contributed by atoms with Crippen LogP contribution in [0.15, 0.2) is 0 Å². The van der Waals surface area contributed by atoms with Crippen LogP contribution in [0.25, 0.3) is 0 Å². The van der Waals surface area contributed by atoms with E-state index in [9.17, 15) is 5.73 Å². The lowest BCUT2D eigenvalue weighted by molar-refractivity contribution is 0.187. The van der Waals surface area contributed by atoms with Crippen molar-refractivity contribution in [2.45, 2.75) is 58.9 Å². The van der Waals surface area contributed by atoms with Crippen molar-refractivity contribution in [2.24, 2.45) is 11.3 Å². The molecule has 70 valence electrons. The van der Waals surface area contributed by atoms with Crippen LogP contribution >= 0.6 is 0 Å². The van der Waals surface area contributed by atoms with E-state index in [1.807, 2.05) is 0 Å². The highest BCUT2D eigenvalue weighted by molar-refractivity contribution is 4.84. The van der Waals surface area contributed by atoms with Crippen LogP contribution in [-0.4, -0.2) is 6.04 Å². The second kappa shape index (κ2) is 3.78. The molecule has 0 spiro atoms. The van der Waals surface area contributed by atoms with E-state index in [-0.39, 0.29) is 11.5 Å². The van der Waals surface area contributed by atoms with E-state index >= 15 is 0 Å². The van der Waals surface area contributed by atoms with Crippen molar-refractivity contribution in [1.82, 2.24) is 5.73 Å². The van der Waals surface area contributed by atoms with Crippen LogP contribution < -0.4 is 5.73 Å². The van der Waals surface area contributed by atoms with Gasteiger partial charge in [0.15, 0.2) is 0 Å². The summed E-state index contributed by atoms with van der Waals surface area (Å²) in [7, 11) is 0. The Kier molecular flexibility index (Phi) is 3.16. The normalized spacial score (nSPS) is 24.0. The Morgan fingerprint density at radius 1 is 1.08 bits per heavy atom. The van der Waals surface area contributed by atoms with Gasteiger partial charge in [-0.25, -0.2) is 0 Å². The first kappa shape index (κ1) is 10.0. The van der Waals surface area contributed by atoms with Crippen LogP contribution in [0.1, 0.15) is 52.9 Å². The molecule has 1 aliphatic rings. The third-order valence-electron chi connectivity index (χ3n) is 2.98. The molecule has 1 heteroatoms. The molecule has 1 rings (SSSR count). The molecular formula is C11H21N. The standard InChI is InChI=1S/C11H21N/c1-11(2,3)10(12)9-7-5-4-6-8-9/h9-10H,4-8H2,1-3H3. The van der Waals surface area contributed by atoms with Gasteiger partial charge in [-0.3, -0.25) is 0 Å². The van der Waals surface area contributed by atoms with E-state index in [0.29, 0.717) is 5.92 Å². The fourth-order valence-corrected chi connectivity index (χ4v) is 2.16. The van der Waals surface area contributed by atoms with Crippen LogP contribution in [0.4, 0.5) is 0 Å². The summed E-state index contributed by atoms with van der Waals surface area (Å²) < 4.78 is 0. The molecule has 1 aliphatic carbocycles. The number of rotatable bonds is 1. The quantitative estimate of drug-likeness (QED) is 0.573. The van der Waals surface area contributed by atoms with Crippen molar-refractivity contribution in [1.29, 1.82) is 0 Å². The number of hydrogen-bond donors (Lipinski definition) is 0. The molecule has 0 bridgehead atoms. The van der Waals surface area contributed by atoms with Gasteiger partial charge in [-0.15, -0.1) is 5.73 Å². The van der Waals surface area contributed by atoms with Crippen LogP contribution in [-0.2, 0) is 0 Å². The molecule has 0 amide bonds. The van der Waals surface area contributed by atoms with Crippen molar-refractivity contribution < 1.29 is 0 Å². The first-order valence-electron chi connectivity index (χ1n) is 5.20. The fourth-order valence-electron chi connectivity index (χ4n) is 2.16. The molecule has 0 N–H and O–H groups in total. The maximum Gasteiger partial charge on any atom is 0.0510 e. The maximum atomic E-state index is 10.0. The van der Waals surface area contributed by atoms with E-state index in [2.05, 4.69) is 20.8 Å². The van der Waals surface area contributed by atoms with Crippen molar-refractivity contribution in [2.75, 3.05) is 0 Å². The lowest BCUT2D eigenvalue weighted by Crippen LogP contribution is -2.36. The molecular weight excluding hydrogens is 146 g/mol. The molecule has 2 radical (unpaired) electrons. The summed E-state index contributed by atoms with van der Waals surface area (Å²) in [4.78, 5) is 0. The highest BCUT2D eigenvalue weighted by Crippen LogP contribution is 2.33. The van der Waals surface area contributed by atoms with Crippen molar-refractivity contribution in [3.63, 3.8) is 0 Å². The van der Waals surface area contributed by atoms with Gasteiger partial charge in [0, 0.05) is 0 Å². The predicted molar refractivity (Wildman–Crippen MR) is 52.0 cm³/mol. The summed E-state index contributed by atoms with van der Waals surface area (Å²) in [6.45, 7) is 6.39. The van der Waals surface area contributed by atoms with Crippen LogP contribution in [0, 0.1) is 11.3 Å². The first-order chi connectivity index (χ1) is 5.52. The van der Waals surface area contributed by atoms with Gasteiger partial charge in [-0.2, -0.15) is 0 Å². The molecule has 1 atom stereocenters. The zero-order valence-corrected chi connectivity index (χ0v) is 8.64. The highest BCUT2D eigenvalue weighted by atomic mass is 14.7. The van der Waals surface area contributed by atoms with Gasteiger partial charge >= 0.3 is 0 Å². The van der Waals surface area contributed by atoms with Crippen molar-refractivity contribution in [3.8, 4) is 0 Å². The van der Waals surface area contributed by atoms with E-state index in [1.165, 1.54) is 32.1 Å². The zero-order chi connectivity index (χ0) is 9.19. The summed E-state index contributed by atoms with van der Waals surface area (Å²) in [5.74, 6) is 0.568. The minimum atomic E-state index is -0.0993. The molecule has 0 aliphatic heterocycles. The molecule has 0 heterocycles. The number of hydrogen-bond acceptors (Lipinski definition) is 0. The average molecular weight is 167 g/mol. The molecule has 0 aromatic rings. The minimum Gasteiger partial charge on any atom is -0.140 e. The second-order valence-corrected chi connectivity index (χ2v) is 5.21. The Hall–Kier alpha value is -0.0400. The van der Waals surface area contributed by atoms with Crippen LogP contribution in [0.3, 0.4) is 0 Å². The van der Waals surface area contributed by atoms with Crippen molar-refractivity contribution >= 4 is 0 Å². The third kappa shape index (κ3) is 2.48. The molecule has 12 heavy (non-hydrogen) atoms. The predicted octanol–water partition coefficient (Wildman–Crippen LogP) is 3.05. The molecule has 0 aromatic heterocycles. The number of nitrogens with zero attached hydrogens (tertiary/aromatic N) is 1. The summed E-state index contributed by atoms with van der Waals surface area (Å²) in [6.07, 6.45) is 6.47. The lowest BCUT2D eigenvalue weighted by Gasteiger charge is -2.34. The Morgan fingerprint density at radius 3 is 2.00 bits per heavy atom. The zero-order valence-electron chi connectivity index (χ0n) is 8.64. The lowest BCUT2D eigenvalue weighted by atomic mass is 9.73. The largest absolute Gasteiger partial charge is 0.140 e. The minimum absolute atomic E-state index is 0.0714. The molecule has 1 saturated carbocycles. The third-order valence-corrected chi connectivity index (χ3v) is 2.98. The maximum absolute atomic E-state index is 10.0. The topological polar surface area (TPSA) is 22.3 Å². The van der Waals surface area contributed by atoms with Gasteiger partial charge in [0.05, 0.1) is 6.04 Å². The Balaban J connectivity index is 2.45. The molecule has 0 aromatic carbocycles. The molecule has 1 nitrogen and oxygen atoms in total. The second-order valence-electron chi connectivity index (χ2n) is 5.21. The Bertz CT molecular complexity index is 128. The smallest absolute Gasteiger partial charge is 0.0510 e. The van der Waals surface area contributed by atoms with Gasteiger partial charge in [0.25, 0.3) is 0 Å². The van der Waals surface area contributed by atoms with E-state index in [4.69, 9.17) is 0 Å². The van der Waals surface area contributed by atoms with Gasteiger partial charge in [0.2, 0.25) is 0 Å². The summed E-state index contributed by atoms with van der Waals surface area (Å²) in [5, 5.41) is 0. The fraction of sp³-hybridized carbons (Fsp3) is 1.00. The molecule has 1 unspecified atom stereocenters. The van der Waals surface area contributed by atoms with Gasteiger partial charge in [0.1, 0.15) is 0 Å².